The van der Waals surface area contributed by atoms with Crippen LogP contribution in [0.15, 0.2) is 72.9 Å². The molecule has 0 saturated carbocycles. The highest BCUT2D eigenvalue weighted by Gasteiger charge is 2.44. The molecule has 1 aliphatic heterocycles. The molecule has 7 unspecified atom stereocenters. The molecule has 0 radical (unpaired) electrons. The molecule has 1 heterocycles. The van der Waals surface area contributed by atoms with Gasteiger partial charge in [-0.2, -0.15) is 0 Å². The number of hydrogen-bond donors (Lipinski definition) is 6. The Labute approximate surface area is 487 Å². The first-order chi connectivity index (χ1) is 38.8. The maximum atomic E-state index is 13.1. The van der Waals surface area contributed by atoms with E-state index in [0.717, 1.165) is 57.8 Å². The molecule has 0 aromatic rings. The van der Waals surface area contributed by atoms with Crippen molar-refractivity contribution in [1.29, 1.82) is 0 Å². The molecule has 0 spiro atoms. The molecular weight excluding hydrogens is 983 g/mol. The number of aliphatic hydroxyl groups is 5. The van der Waals surface area contributed by atoms with Crippen molar-refractivity contribution < 1.29 is 39.8 Å². The van der Waals surface area contributed by atoms with E-state index in [9.17, 15) is 30.3 Å². The lowest BCUT2D eigenvalue weighted by molar-refractivity contribution is -0.302. The second-order valence-electron chi connectivity index (χ2n) is 23.2. The van der Waals surface area contributed by atoms with Crippen molar-refractivity contribution in [2.24, 2.45) is 0 Å². The van der Waals surface area contributed by atoms with E-state index in [2.05, 4.69) is 79.9 Å². The van der Waals surface area contributed by atoms with Crippen molar-refractivity contribution in [3.05, 3.63) is 72.9 Å². The Morgan fingerprint density at radius 1 is 0.430 bits per heavy atom. The quantitative estimate of drug-likeness (QED) is 0.0261. The Morgan fingerprint density at radius 2 is 0.759 bits per heavy atom. The fourth-order valence-corrected chi connectivity index (χ4v) is 10.4. The lowest BCUT2D eigenvalue weighted by atomic mass is 9.99. The summed E-state index contributed by atoms with van der Waals surface area (Å²) in [4.78, 5) is 13.1. The van der Waals surface area contributed by atoms with Crippen LogP contribution in [-0.2, 0) is 14.3 Å². The number of ether oxygens (including phenoxy) is 2. The van der Waals surface area contributed by atoms with Crippen LogP contribution in [0.4, 0.5) is 0 Å². The van der Waals surface area contributed by atoms with E-state index in [4.69, 9.17) is 9.47 Å². The number of carbonyl (C=O) groups excluding carboxylic acids is 1. The molecular formula is C70H127NO8. The van der Waals surface area contributed by atoms with E-state index < -0.39 is 49.5 Å². The average Bonchev–Trinajstić information content (AvgIpc) is 3.47. The van der Waals surface area contributed by atoms with E-state index in [-0.39, 0.29) is 12.5 Å². The highest BCUT2D eigenvalue weighted by molar-refractivity contribution is 5.76. The first-order valence-corrected chi connectivity index (χ1v) is 33.7. The third-order valence-corrected chi connectivity index (χ3v) is 15.7. The van der Waals surface area contributed by atoms with Crippen molar-refractivity contribution in [3.8, 4) is 0 Å². The predicted molar refractivity (Wildman–Crippen MR) is 336 cm³/mol. The van der Waals surface area contributed by atoms with Gasteiger partial charge in [0, 0.05) is 6.42 Å². The smallest absolute Gasteiger partial charge is 0.220 e. The summed E-state index contributed by atoms with van der Waals surface area (Å²) in [6, 6.07) is -0.831. The first-order valence-electron chi connectivity index (χ1n) is 33.7. The van der Waals surface area contributed by atoms with E-state index in [0.29, 0.717) is 6.42 Å². The number of rotatable bonds is 58. The number of amides is 1. The molecule has 79 heavy (non-hydrogen) atoms. The molecule has 9 nitrogen and oxygen atoms in total. The average molecular weight is 1110 g/mol. The molecule has 1 saturated heterocycles. The van der Waals surface area contributed by atoms with Gasteiger partial charge in [0.2, 0.25) is 5.91 Å². The van der Waals surface area contributed by atoms with Crippen LogP contribution in [0, 0.1) is 0 Å². The molecule has 1 aliphatic rings. The molecule has 7 atom stereocenters. The second-order valence-corrected chi connectivity index (χ2v) is 23.2. The van der Waals surface area contributed by atoms with Crippen LogP contribution in [0.25, 0.3) is 0 Å². The summed E-state index contributed by atoms with van der Waals surface area (Å²) in [5, 5.41) is 54.7. The highest BCUT2D eigenvalue weighted by Crippen LogP contribution is 2.23. The summed E-state index contributed by atoms with van der Waals surface area (Å²) in [5.74, 6) is -0.188. The summed E-state index contributed by atoms with van der Waals surface area (Å²) in [6.45, 7) is 3.78. The molecule has 9 heteroatoms. The summed E-state index contributed by atoms with van der Waals surface area (Å²) >= 11 is 0. The lowest BCUT2D eigenvalue weighted by Gasteiger charge is -2.40. The number of carbonyl (C=O) groups is 1. The number of aliphatic hydroxyl groups excluding tert-OH is 5. The molecule has 1 fully saturated rings. The molecule has 0 bridgehead atoms. The number of nitrogens with one attached hydrogen (secondary N) is 1. The highest BCUT2D eigenvalue weighted by atomic mass is 16.7. The van der Waals surface area contributed by atoms with Crippen molar-refractivity contribution in [2.45, 2.75) is 352 Å². The third kappa shape index (κ3) is 47.8. The maximum absolute atomic E-state index is 13.1. The van der Waals surface area contributed by atoms with Crippen LogP contribution >= 0.6 is 0 Å². The van der Waals surface area contributed by atoms with Crippen LogP contribution < -0.4 is 5.32 Å². The fraction of sp³-hybridized carbons (Fsp3) is 0.814. The van der Waals surface area contributed by atoms with Crippen LogP contribution in [0.3, 0.4) is 0 Å². The van der Waals surface area contributed by atoms with E-state index in [1.807, 2.05) is 6.08 Å². The Balaban J connectivity index is 2.16. The lowest BCUT2D eigenvalue weighted by Crippen LogP contribution is -2.60. The monoisotopic (exact) mass is 1110 g/mol. The van der Waals surface area contributed by atoms with Crippen molar-refractivity contribution in [2.75, 3.05) is 13.2 Å². The second kappa shape index (κ2) is 58.8. The predicted octanol–water partition coefficient (Wildman–Crippen LogP) is 18.0. The zero-order chi connectivity index (χ0) is 57.2. The van der Waals surface area contributed by atoms with Gasteiger partial charge in [-0.1, -0.05) is 292 Å². The Hall–Kier alpha value is -2.37. The van der Waals surface area contributed by atoms with Gasteiger partial charge in [-0.05, 0) is 83.5 Å². The normalized spacial score (nSPS) is 19.0. The molecule has 0 aromatic heterocycles. The Kier molecular flexibility index (Phi) is 55.6. The molecule has 0 aromatic carbocycles. The largest absolute Gasteiger partial charge is 0.394 e. The number of hydrogen-bond acceptors (Lipinski definition) is 8. The zero-order valence-corrected chi connectivity index (χ0v) is 51.4. The maximum Gasteiger partial charge on any atom is 0.220 e. The van der Waals surface area contributed by atoms with E-state index in [1.165, 1.54) is 231 Å². The van der Waals surface area contributed by atoms with Gasteiger partial charge >= 0.3 is 0 Å². The van der Waals surface area contributed by atoms with E-state index in [1.54, 1.807) is 6.08 Å². The summed E-state index contributed by atoms with van der Waals surface area (Å²) in [7, 11) is 0. The minimum Gasteiger partial charge on any atom is -0.394 e. The van der Waals surface area contributed by atoms with Crippen LogP contribution in [0.1, 0.15) is 309 Å². The molecule has 0 aliphatic carbocycles. The van der Waals surface area contributed by atoms with Gasteiger partial charge in [-0.25, -0.2) is 0 Å². The molecule has 6 N–H and O–H groups in total. The summed E-state index contributed by atoms with van der Waals surface area (Å²) in [6.07, 6.45) is 75.7. The van der Waals surface area contributed by atoms with Gasteiger partial charge < -0.3 is 40.3 Å². The van der Waals surface area contributed by atoms with Crippen molar-refractivity contribution >= 4 is 5.91 Å². The van der Waals surface area contributed by atoms with Crippen LogP contribution in [0.5, 0.6) is 0 Å². The molecule has 1 amide bonds. The third-order valence-electron chi connectivity index (χ3n) is 15.7. The van der Waals surface area contributed by atoms with Crippen molar-refractivity contribution in [3.63, 3.8) is 0 Å². The summed E-state index contributed by atoms with van der Waals surface area (Å²) in [5.41, 5.74) is 0. The molecule has 460 valence electrons. The first kappa shape index (κ1) is 74.6. The van der Waals surface area contributed by atoms with Crippen molar-refractivity contribution in [1.82, 2.24) is 5.32 Å². The van der Waals surface area contributed by atoms with Gasteiger partial charge in [0.1, 0.15) is 24.4 Å². The van der Waals surface area contributed by atoms with Gasteiger partial charge in [-0.15, -0.1) is 0 Å². The van der Waals surface area contributed by atoms with Gasteiger partial charge in [0.05, 0.1) is 25.4 Å². The Morgan fingerprint density at radius 3 is 1.15 bits per heavy atom. The summed E-state index contributed by atoms with van der Waals surface area (Å²) < 4.78 is 11.3. The Bertz CT molecular complexity index is 1470. The van der Waals surface area contributed by atoms with Gasteiger partial charge in [-0.3, -0.25) is 4.79 Å². The fourth-order valence-electron chi connectivity index (χ4n) is 10.4. The van der Waals surface area contributed by atoms with Gasteiger partial charge in [0.25, 0.3) is 0 Å². The zero-order valence-electron chi connectivity index (χ0n) is 51.4. The SMILES string of the molecule is CCCCCCC/C=C\C/C=C\C/C=C\CCCCCCCCCCCCCCCCCCCCC(=O)NC(COC1OC(CO)C(O)C(O)C1O)C(O)/C=C/CC/C=C/CC/C=C/CCCCCCCCCCCCCCC. The minimum absolute atomic E-state index is 0.188. The van der Waals surface area contributed by atoms with E-state index >= 15 is 0 Å². The minimum atomic E-state index is -1.58. The topological polar surface area (TPSA) is 149 Å². The standard InChI is InChI=1S/C70H127NO8/c1-3-5-7-9-11-13-15-17-19-21-23-25-27-28-29-30-31-32-33-34-35-36-38-40-42-44-46-48-50-52-54-56-58-60-66(74)71-63(62-78-70-69(77)68(76)67(75)65(61-72)79-70)64(73)59-57-55-53-51-49-47-45-43-41-39-37-26-24-22-20-18-16-14-12-10-8-6-4-2/h15,17,21,23,27-28,41,43,49,51,57,59,63-65,67-70,72-73,75-77H,3-14,16,18-20,22,24-26,29-40,42,44-48,50,52-56,58,60-62H2,1-2H3,(H,71,74)/b17-15-,23-21-,28-27-,43-41+,51-49+,59-57+. The number of allylic oxidation sites excluding steroid dienone is 11. The van der Waals surface area contributed by atoms with Gasteiger partial charge in [0.15, 0.2) is 6.29 Å². The number of unbranched alkanes of at least 4 members (excludes halogenated alkanes) is 38. The molecule has 1 rings (SSSR count). The van der Waals surface area contributed by atoms with Crippen LogP contribution in [0.2, 0.25) is 0 Å². The van der Waals surface area contributed by atoms with Crippen LogP contribution in [-0.4, -0.2) is 87.5 Å².